The van der Waals surface area contributed by atoms with Gasteiger partial charge in [-0.1, -0.05) is 18.2 Å². The standard InChI is InChI=1S/C15H11Br2F3O/c16-12-6-3-10(8-13(12)17)14(21)7-9-1-4-11(5-2-9)15(18,19)20/h1-6,8,14,21H,7H2. The van der Waals surface area contributed by atoms with E-state index in [9.17, 15) is 18.3 Å². The van der Waals surface area contributed by atoms with E-state index >= 15 is 0 Å². The van der Waals surface area contributed by atoms with Gasteiger partial charge in [-0.2, -0.15) is 13.2 Å². The minimum Gasteiger partial charge on any atom is -0.388 e. The van der Waals surface area contributed by atoms with Gasteiger partial charge in [0.05, 0.1) is 11.7 Å². The lowest BCUT2D eigenvalue weighted by Gasteiger charge is -2.13. The van der Waals surface area contributed by atoms with Crippen molar-refractivity contribution in [2.75, 3.05) is 0 Å². The molecule has 1 N–H and O–H groups in total. The maximum atomic E-state index is 12.5. The second-order valence-electron chi connectivity index (χ2n) is 4.59. The molecule has 1 unspecified atom stereocenters. The largest absolute Gasteiger partial charge is 0.416 e. The van der Waals surface area contributed by atoms with E-state index in [1.165, 1.54) is 12.1 Å². The van der Waals surface area contributed by atoms with Crippen LogP contribution in [0.15, 0.2) is 51.4 Å². The third kappa shape index (κ3) is 4.31. The van der Waals surface area contributed by atoms with Crippen molar-refractivity contribution in [1.29, 1.82) is 0 Å². The summed E-state index contributed by atoms with van der Waals surface area (Å²) < 4.78 is 39.1. The Morgan fingerprint density at radius 1 is 0.952 bits per heavy atom. The van der Waals surface area contributed by atoms with Crippen LogP contribution in [-0.4, -0.2) is 5.11 Å². The van der Waals surface area contributed by atoms with E-state index in [0.29, 0.717) is 11.1 Å². The van der Waals surface area contributed by atoms with Crippen LogP contribution in [0.2, 0.25) is 0 Å². The molecule has 2 aromatic carbocycles. The summed E-state index contributed by atoms with van der Waals surface area (Å²) in [6, 6.07) is 10.2. The first-order valence-corrected chi connectivity index (χ1v) is 7.65. The Kier molecular flexibility index (Phi) is 5.11. The summed E-state index contributed by atoms with van der Waals surface area (Å²) in [5, 5.41) is 10.2. The number of aliphatic hydroxyl groups excluding tert-OH is 1. The van der Waals surface area contributed by atoms with Gasteiger partial charge in [0, 0.05) is 15.4 Å². The van der Waals surface area contributed by atoms with Crippen molar-refractivity contribution in [2.45, 2.75) is 18.7 Å². The second kappa shape index (κ2) is 6.50. The smallest absolute Gasteiger partial charge is 0.388 e. The van der Waals surface area contributed by atoms with Gasteiger partial charge < -0.3 is 5.11 Å². The minimum absolute atomic E-state index is 0.256. The van der Waals surface area contributed by atoms with Crippen LogP contribution in [0.4, 0.5) is 13.2 Å². The highest BCUT2D eigenvalue weighted by Gasteiger charge is 2.29. The summed E-state index contributed by atoms with van der Waals surface area (Å²) in [4.78, 5) is 0. The SMILES string of the molecule is OC(Cc1ccc(C(F)(F)F)cc1)c1ccc(Br)c(Br)c1. The van der Waals surface area contributed by atoms with Gasteiger partial charge in [0.1, 0.15) is 0 Å². The Balaban J connectivity index is 2.12. The first kappa shape index (κ1) is 16.5. The fourth-order valence-corrected chi connectivity index (χ4v) is 2.53. The Hall–Kier alpha value is -0.850. The summed E-state index contributed by atoms with van der Waals surface area (Å²) in [7, 11) is 0. The topological polar surface area (TPSA) is 20.2 Å². The van der Waals surface area contributed by atoms with Gasteiger partial charge in [0.25, 0.3) is 0 Å². The number of alkyl halides is 3. The number of rotatable bonds is 3. The quantitative estimate of drug-likeness (QED) is 0.690. The van der Waals surface area contributed by atoms with E-state index in [4.69, 9.17) is 0 Å². The van der Waals surface area contributed by atoms with Gasteiger partial charge in [0.2, 0.25) is 0 Å². The first-order chi connectivity index (χ1) is 9.77. The monoisotopic (exact) mass is 422 g/mol. The summed E-state index contributed by atoms with van der Waals surface area (Å²) in [6.45, 7) is 0. The van der Waals surface area contributed by atoms with Gasteiger partial charge in [0.15, 0.2) is 0 Å². The molecule has 0 radical (unpaired) electrons. The molecule has 0 aromatic heterocycles. The van der Waals surface area contributed by atoms with Crippen molar-refractivity contribution in [3.63, 3.8) is 0 Å². The molecule has 2 rings (SSSR count). The van der Waals surface area contributed by atoms with Crippen molar-refractivity contribution in [3.8, 4) is 0 Å². The molecule has 2 aromatic rings. The molecule has 0 saturated carbocycles. The maximum Gasteiger partial charge on any atom is 0.416 e. The molecule has 0 aliphatic rings. The molecule has 1 nitrogen and oxygen atoms in total. The van der Waals surface area contributed by atoms with E-state index in [0.717, 1.165) is 21.1 Å². The maximum absolute atomic E-state index is 12.5. The molecule has 1 atom stereocenters. The van der Waals surface area contributed by atoms with Crippen molar-refractivity contribution in [1.82, 2.24) is 0 Å². The van der Waals surface area contributed by atoms with Gasteiger partial charge in [-0.05, 0) is 67.3 Å². The normalized spacial score (nSPS) is 13.2. The van der Waals surface area contributed by atoms with Crippen molar-refractivity contribution in [3.05, 3.63) is 68.1 Å². The Morgan fingerprint density at radius 3 is 2.10 bits per heavy atom. The van der Waals surface area contributed by atoms with E-state index in [-0.39, 0.29) is 6.42 Å². The second-order valence-corrected chi connectivity index (χ2v) is 6.30. The Morgan fingerprint density at radius 2 is 1.57 bits per heavy atom. The van der Waals surface area contributed by atoms with Crippen LogP contribution >= 0.6 is 31.9 Å². The zero-order chi connectivity index (χ0) is 15.6. The highest BCUT2D eigenvalue weighted by Crippen LogP contribution is 2.31. The van der Waals surface area contributed by atoms with Crippen LogP contribution < -0.4 is 0 Å². The van der Waals surface area contributed by atoms with Gasteiger partial charge >= 0.3 is 6.18 Å². The number of halogens is 5. The van der Waals surface area contributed by atoms with E-state index in [2.05, 4.69) is 31.9 Å². The third-order valence-corrected chi connectivity index (χ3v) is 4.92. The summed E-state index contributed by atoms with van der Waals surface area (Å²) in [5.41, 5.74) is 0.659. The fourth-order valence-electron chi connectivity index (χ4n) is 1.89. The summed E-state index contributed by atoms with van der Waals surface area (Å²) >= 11 is 6.68. The van der Waals surface area contributed by atoms with Crippen LogP contribution in [0.25, 0.3) is 0 Å². The lowest BCUT2D eigenvalue weighted by atomic mass is 10.0. The van der Waals surface area contributed by atoms with E-state index in [1.807, 2.05) is 0 Å². The zero-order valence-corrected chi connectivity index (χ0v) is 13.8. The number of benzene rings is 2. The molecule has 0 bridgehead atoms. The predicted octanol–water partition coefficient (Wildman–Crippen LogP) is 5.51. The summed E-state index contributed by atoms with van der Waals surface area (Å²) in [6.07, 6.45) is -4.86. The van der Waals surface area contributed by atoms with Crippen LogP contribution in [0, 0.1) is 0 Å². The molecule has 0 amide bonds. The van der Waals surface area contributed by atoms with Crippen LogP contribution in [0.1, 0.15) is 22.8 Å². The Bertz CT molecular complexity index is 624. The molecule has 0 heterocycles. The van der Waals surface area contributed by atoms with Crippen molar-refractivity contribution >= 4 is 31.9 Å². The van der Waals surface area contributed by atoms with Gasteiger partial charge in [-0.3, -0.25) is 0 Å². The first-order valence-electron chi connectivity index (χ1n) is 6.06. The number of hydrogen-bond donors (Lipinski definition) is 1. The predicted molar refractivity (Wildman–Crippen MR) is 81.9 cm³/mol. The van der Waals surface area contributed by atoms with Crippen LogP contribution in [0.5, 0.6) is 0 Å². The van der Waals surface area contributed by atoms with E-state index < -0.39 is 17.8 Å². The van der Waals surface area contributed by atoms with Crippen LogP contribution in [-0.2, 0) is 12.6 Å². The lowest BCUT2D eigenvalue weighted by Crippen LogP contribution is -2.06. The Labute approximate surface area is 137 Å². The fraction of sp³-hybridized carbons (Fsp3) is 0.200. The molecule has 0 aliphatic heterocycles. The van der Waals surface area contributed by atoms with Gasteiger partial charge in [-0.15, -0.1) is 0 Å². The molecule has 0 spiro atoms. The molecule has 21 heavy (non-hydrogen) atoms. The number of hydrogen-bond acceptors (Lipinski definition) is 1. The molecular formula is C15H11Br2F3O. The highest BCUT2D eigenvalue weighted by molar-refractivity contribution is 9.13. The molecule has 0 aliphatic carbocycles. The molecule has 112 valence electrons. The van der Waals surface area contributed by atoms with Crippen molar-refractivity contribution < 1.29 is 18.3 Å². The molecular weight excluding hydrogens is 413 g/mol. The van der Waals surface area contributed by atoms with Gasteiger partial charge in [-0.25, -0.2) is 0 Å². The third-order valence-electron chi connectivity index (χ3n) is 3.04. The molecule has 6 heteroatoms. The average Bonchev–Trinajstić information content (AvgIpc) is 2.41. The zero-order valence-electron chi connectivity index (χ0n) is 10.7. The lowest BCUT2D eigenvalue weighted by molar-refractivity contribution is -0.137. The van der Waals surface area contributed by atoms with E-state index in [1.54, 1.807) is 18.2 Å². The average molecular weight is 424 g/mol. The highest BCUT2D eigenvalue weighted by atomic mass is 79.9. The molecule has 0 saturated heterocycles. The summed E-state index contributed by atoms with van der Waals surface area (Å²) in [5.74, 6) is 0. The minimum atomic E-state index is -4.34. The van der Waals surface area contributed by atoms with Crippen molar-refractivity contribution in [2.24, 2.45) is 0 Å². The van der Waals surface area contributed by atoms with Crippen LogP contribution in [0.3, 0.4) is 0 Å². The number of aliphatic hydroxyl groups is 1. The molecule has 0 fully saturated rings.